The van der Waals surface area contributed by atoms with E-state index in [1.807, 2.05) is 25.1 Å². The second-order valence-electron chi connectivity index (χ2n) is 8.27. The number of hydrogen-bond acceptors (Lipinski definition) is 6. The van der Waals surface area contributed by atoms with Gasteiger partial charge in [-0.25, -0.2) is 9.50 Å². The van der Waals surface area contributed by atoms with Crippen molar-refractivity contribution in [3.8, 4) is 17.2 Å². The fourth-order valence-corrected chi connectivity index (χ4v) is 3.23. The van der Waals surface area contributed by atoms with Gasteiger partial charge in [-0.1, -0.05) is 20.8 Å². The van der Waals surface area contributed by atoms with Gasteiger partial charge in [-0.2, -0.15) is 0 Å². The van der Waals surface area contributed by atoms with Crippen LogP contribution in [0.1, 0.15) is 50.7 Å². The average molecular weight is 415 g/mol. The Hall–Kier alpha value is -3.00. The topological polar surface area (TPSA) is 89.9 Å². The third-order valence-electron chi connectivity index (χ3n) is 5.06. The van der Waals surface area contributed by atoms with Crippen LogP contribution < -0.4 is 25.1 Å². The zero-order valence-electron chi connectivity index (χ0n) is 18.6. The van der Waals surface area contributed by atoms with Gasteiger partial charge in [-0.15, -0.1) is 0 Å². The van der Waals surface area contributed by atoms with Crippen molar-refractivity contribution in [2.24, 2.45) is 0 Å². The molecule has 162 valence electrons. The molecule has 0 spiro atoms. The maximum atomic E-state index is 12.6. The molecule has 0 unspecified atom stereocenters. The van der Waals surface area contributed by atoms with E-state index in [4.69, 9.17) is 14.2 Å². The Labute approximate surface area is 176 Å². The van der Waals surface area contributed by atoms with Gasteiger partial charge >= 0.3 is 0 Å². The van der Waals surface area contributed by atoms with Crippen LogP contribution in [0.4, 0.5) is 0 Å². The molecule has 30 heavy (non-hydrogen) atoms. The number of rotatable bonds is 7. The maximum Gasteiger partial charge on any atom is 0.272 e. The van der Waals surface area contributed by atoms with Gasteiger partial charge in [0.1, 0.15) is 0 Å². The highest BCUT2D eigenvalue weighted by molar-refractivity contribution is 5.53. The van der Waals surface area contributed by atoms with Crippen LogP contribution in [-0.2, 0) is 12.0 Å². The number of fused-ring (bicyclic) bond motifs is 1. The van der Waals surface area contributed by atoms with Gasteiger partial charge in [0, 0.05) is 35.8 Å². The van der Waals surface area contributed by atoms with Crippen molar-refractivity contribution in [2.75, 3.05) is 21.3 Å². The fourth-order valence-electron chi connectivity index (χ4n) is 3.23. The lowest BCUT2D eigenvalue weighted by atomic mass is 9.93. The number of hydrogen-bond donors (Lipinski definition) is 2. The molecular formula is C22H30N4O4. The van der Waals surface area contributed by atoms with Crippen LogP contribution in [-0.4, -0.2) is 35.9 Å². The summed E-state index contributed by atoms with van der Waals surface area (Å²) in [5.74, 6) is 1.75. The molecule has 0 saturated heterocycles. The van der Waals surface area contributed by atoms with Crippen LogP contribution in [0.25, 0.3) is 5.65 Å². The van der Waals surface area contributed by atoms with Crippen LogP contribution in [0.2, 0.25) is 0 Å². The van der Waals surface area contributed by atoms with Crippen molar-refractivity contribution in [1.82, 2.24) is 19.9 Å². The van der Waals surface area contributed by atoms with Crippen LogP contribution in [0.5, 0.6) is 17.2 Å². The first-order valence-electron chi connectivity index (χ1n) is 9.83. The Balaban J connectivity index is 1.83. The molecule has 3 rings (SSSR count). The molecule has 2 heterocycles. The Morgan fingerprint density at radius 1 is 1.07 bits per heavy atom. The van der Waals surface area contributed by atoms with Crippen molar-refractivity contribution in [3.63, 3.8) is 0 Å². The fraction of sp³-hybridized carbons (Fsp3) is 0.455. The number of benzene rings is 1. The predicted octanol–water partition coefficient (Wildman–Crippen LogP) is 3.20. The van der Waals surface area contributed by atoms with Crippen LogP contribution >= 0.6 is 0 Å². The number of aromatic amines is 1. The Morgan fingerprint density at radius 2 is 1.70 bits per heavy atom. The van der Waals surface area contributed by atoms with Gasteiger partial charge in [0.2, 0.25) is 5.75 Å². The number of nitrogens with zero attached hydrogens (tertiary/aromatic N) is 2. The molecule has 8 nitrogen and oxygen atoms in total. The standard InChI is InChI=1S/C22H30N4O4/c1-13(23-12-14-8-16(28-5)21(30-7)17(9-14)29-6)15-10-20(27)26-19(24-15)11-18(25-26)22(2,3)4/h8-11,13,23,25H,12H2,1-7H3/t13-/m0/s1. The number of aromatic nitrogens is 3. The van der Waals surface area contributed by atoms with Crippen LogP contribution in [0.15, 0.2) is 29.1 Å². The molecule has 0 radical (unpaired) electrons. The Kier molecular flexibility index (Phi) is 6.07. The molecule has 0 aliphatic heterocycles. The van der Waals surface area contributed by atoms with E-state index in [-0.39, 0.29) is 17.0 Å². The van der Waals surface area contributed by atoms with Gasteiger partial charge in [-0.05, 0) is 24.6 Å². The summed E-state index contributed by atoms with van der Waals surface area (Å²) in [6, 6.07) is 7.15. The first kappa shape index (κ1) is 21.7. The molecular weight excluding hydrogens is 384 g/mol. The van der Waals surface area contributed by atoms with E-state index in [9.17, 15) is 4.79 Å². The summed E-state index contributed by atoms with van der Waals surface area (Å²) in [4.78, 5) is 17.3. The summed E-state index contributed by atoms with van der Waals surface area (Å²) in [5, 5.41) is 6.56. The van der Waals surface area contributed by atoms with E-state index in [2.05, 4.69) is 36.2 Å². The Bertz CT molecular complexity index is 1070. The Morgan fingerprint density at radius 3 is 2.23 bits per heavy atom. The summed E-state index contributed by atoms with van der Waals surface area (Å²) in [6.07, 6.45) is 0. The van der Waals surface area contributed by atoms with Crippen molar-refractivity contribution in [1.29, 1.82) is 0 Å². The predicted molar refractivity (Wildman–Crippen MR) is 116 cm³/mol. The second kappa shape index (κ2) is 8.39. The van der Waals surface area contributed by atoms with Gasteiger partial charge in [-0.3, -0.25) is 9.89 Å². The first-order chi connectivity index (χ1) is 14.2. The number of nitrogens with one attached hydrogen (secondary N) is 2. The molecule has 0 aliphatic carbocycles. The lowest BCUT2D eigenvalue weighted by molar-refractivity contribution is 0.323. The molecule has 0 fully saturated rings. The summed E-state index contributed by atoms with van der Waals surface area (Å²) in [5.41, 5.74) is 2.99. The molecule has 1 aromatic carbocycles. The van der Waals surface area contributed by atoms with Gasteiger partial charge in [0.25, 0.3) is 5.56 Å². The SMILES string of the molecule is COc1cc(CN[C@@H](C)c2cc(=O)n3[nH]c(C(C)(C)C)cc3n2)cc(OC)c1OC. The van der Waals surface area contributed by atoms with Gasteiger partial charge in [0.15, 0.2) is 17.1 Å². The minimum Gasteiger partial charge on any atom is -0.493 e. The molecule has 2 aromatic heterocycles. The average Bonchev–Trinajstić information content (AvgIpc) is 3.16. The second-order valence-corrected chi connectivity index (χ2v) is 8.27. The number of ether oxygens (including phenoxy) is 3. The zero-order chi connectivity index (χ0) is 22.1. The number of H-pyrrole nitrogens is 1. The zero-order valence-corrected chi connectivity index (χ0v) is 18.6. The van der Waals surface area contributed by atoms with E-state index in [0.717, 1.165) is 11.3 Å². The van der Waals surface area contributed by atoms with Crippen molar-refractivity contribution >= 4 is 5.65 Å². The number of methoxy groups -OCH3 is 3. The maximum absolute atomic E-state index is 12.6. The molecule has 0 aliphatic rings. The normalized spacial score (nSPS) is 12.8. The van der Waals surface area contributed by atoms with E-state index in [1.165, 1.54) is 4.52 Å². The smallest absolute Gasteiger partial charge is 0.272 e. The van der Waals surface area contributed by atoms with Crippen molar-refractivity contribution in [3.05, 3.63) is 51.6 Å². The lowest BCUT2D eigenvalue weighted by Crippen LogP contribution is -2.23. The summed E-state index contributed by atoms with van der Waals surface area (Å²) >= 11 is 0. The van der Waals surface area contributed by atoms with Crippen LogP contribution in [0, 0.1) is 0 Å². The lowest BCUT2D eigenvalue weighted by Gasteiger charge is -2.16. The quantitative estimate of drug-likeness (QED) is 0.617. The highest BCUT2D eigenvalue weighted by Crippen LogP contribution is 2.38. The molecule has 3 aromatic rings. The molecule has 8 heteroatoms. The third kappa shape index (κ3) is 4.28. The molecule has 2 N–H and O–H groups in total. The first-order valence-corrected chi connectivity index (χ1v) is 9.83. The molecule has 0 bridgehead atoms. The molecule has 0 amide bonds. The minimum absolute atomic E-state index is 0.101. The summed E-state index contributed by atoms with van der Waals surface area (Å²) < 4.78 is 17.7. The molecule has 1 atom stereocenters. The highest BCUT2D eigenvalue weighted by Gasteiger charge is 2.19. The largest absolute Gasteiger partial charge is 0.493 e. The van der Waals surface area contributed by atoms with Crippen molar-refractivity contribution < 1.29 is 14.2 Å². The van der Waals surface area contributed by atoms with Crippen LogP contribution in [0.3, 0.4) is 0 Å². The minimum atomic E-state index is -0.132. The van der Waals surface area contributed by atoms with E-state index in [0.29, 0.717) is 35.1 Å². The van der Waals surface area contributed by atoms with Gasteiger partial charge in [0.05, 0.1) is 27.0 Å². The third-order valence-corrected chi connectivity index (χ3v) is 5.06. The highest BCUT2D eigenvalue weighted by atomic mass is 16.5. The molecule has 0 saturated carbocycles. The van der Waals surface area contributed by atoms with Gasteiger partial charge < -0.3 is 19.5 Å². The van der Waals surface area contributed by atoms with E-state index in [1.54, 1.807) is 27.4 Å². The van der Waals surface area contributed by atoms with E-state index >= 15 is 0 Å². The summed E-state index contributed by atoms with van der Waals surface area (Å²) in [7, 11) is 4.76. The van der Waals surface area contributed by atoms with E-state index < -0.39 is 0 Å². The van der Waals surface area contributed by atoms with Crippen molar-refractivity contribution in [2.45, 2.75) is 45.7 Å². The monoisotopic (exact) mass is 414 g/mol. The summed E-state index contributed by atoms with van der Waals surface area (Å²) in [6.45, 7) is 8.79.